The van der Waals surface area contributed by atoms with Gasteiger partial charge < -0.3 is 5.11 Å². The summed E-state index contributed by atoms with van der Waals surface area (Å²) < 4.78 is 2.15. The lowest BCUT2D eigenvalue weighted by Crippen LogP contribution is -2.26. The van der Waals surface area contributed by atoms with Crippen LogP contribution in [0, 0.1) is 5.41 Å². The first kappa shape index (κ1) is 13.6. The summed E-state index contributed by atoms with van der Waals surface area (Å²) >= 11 is 0. The Morgan fingerprint density at radius 1 is 1.33 bits per heavy atom. The molecule has 0 radical (unpaired) electrons. The Bertz CT molecular complexity index is 354. The van der Waals surface area contributed by atoms with E-state index in [1.54, 1.807) is 0 Å². The first-order valence-corrected chi connectivity index (χ1v) is 7.38. The van der Waals surface area contributed by atoms with Gasteiger partial charge in [0.2, 0.25) is 0 Å². The molecular weight excluding hydrogens is 224 g/mol. The SMILES string of the molecule is CCC(CC)(CO)Cc1ccn(C2CCCC2)n1. The van der Waals surface area contributed by atoms with Crippen molar-refractivity contribution in [2.45, 2.75) is 64.8 Å². The monoisotopic (exact) mass is 250 g/mol. The summed E-state index contributed by atoms with van der Waals surface area (Å²) in [4.78, 5) is 0. The molecule has 0 atom stereocenters. The molecule has 0 bridgehead atoms. The Labute approximate surface area is 110 Å². The lowest BCUT2D eigenvalue weighted by atomic mass is 9.79. The van der Waals surface area contributed by atoms with Crippen molar-refractivity contribution in [3.8, 4) is 0 Å². The maximum Gasteiger partial charge on any atom is 0.0631 e. The molecule has 1 aromatic heterocycles. The van der Waals surface area contributed by atoms with Crippen LogP contribution >= 0.6 is 0 Å². The van der Waals surface area contributed by atoms with Crippen LogP contribution in [-0.4, -0.2) is 21.5 Å². The fraction of sp³-hybridized carbons (Fsp3) is 0.800. The minimum atomic E-state index is 0.0227. The molecule has 3 heteroatoms. The normalized spacial score (nSPS) is 17.5. The third-order valence-electron chi connectivity index (χ3n) is 4.75. The lowest BCUT2D eigenvalue weighted by molar-refractivity contribution is 0.113. The van der Waals surface area contributed by atoms with Crippen molar-refractivity contribution in [1.82, 2.24) is 9.78 Å². The zero-order valence-corrected chi connectivity index (χ0v) is 11.7. The molecule has 0 spiro atoms. The minimum absolute atomic E-state index is 0.0227. The lowest BCUT2D eigenvalue weighted by Gasteiger charge is -2.28. The van der Waals surface area contributed by atoms with Gasteiger partial charge in [-0.1, -0.05) is 26.7 Å². The molecular formula is C15H26N2O. The van der Waals surface area contributed by atoms with Crippen LogP contribution in [0.3, 0.4) is 0 Å². The first-order valence-electron chi connectivity index (χ1n) is 7.38. The Morgan fingerprint density at radius 3 is 2.56 bits per heavy atom. The van der Waals surface area contributed by atoms with E-state index < -0.39 is 0 Å². The van der Waals surface area contributed by atoms with Gasteiger partial charge >= 0.3 is 0 Å². The maximum atomic E-state index is 9.62. The molecule has 0 unspecified atom stereocenters. The van der Waals surface area contributed by atoms with E-state index in [0.29, 0.717) is 6.04 Å². The van der Waals surface area contributed by atoms with Gasteiger partial charge in [-0.15, -0.1) is 0 Å². The van der Waals surface area contributed by atoms with E-state index in [4.69, 9.17) is 5.10 Å². The molecule has 0 aromatic carbocycles. The van der Waals surface area contributed by atoms with Gasteiger partial charge in [-0.3, -0.25) is 4.68 Å². The number of rotatable bonds is 6. The van der Waals surface area contributed by atoms with Crippen molar-refractivity contribution < 1.29 is 5.11 Å². The molecule has 1 N–H and O–H groups in total. The Hall–Kier alpha value is -0.830. The van der Waals surface area contributed by atoms with Crippen molar-refractivity contribution in [3.05, 3.63) is 18.0 Å². The van der Waals surface area contributed by atoms with Gasteiger partial charge in [-0.25, -0.2) is 0 Å². The molecule has 0 aliphatic heterocycles. The van der Waals surface area contributed by atoms with Gasteiger partial charge in [0.05, 0.1) is 11.7 Å². The minimum Gasteiger partial charge on any atom is -0.396 e. The summed E-state index contributed by atoms with van der Waals surface area (Å²) in [6.45, 7) is 4.58. The number of aliphatic hydroxyl groups is 1. The van der Waals surface area contributed by atoms with Gasteiger partial charge in [-0.2, -0.15) is 5.10 Å². The molecule has 18 heavy (non-hydrogen) atoms. The number of aliphatic hydroxyl groups excluding tert-OH is 1. The van der Waals surface area contributed by atoms with Crippen molar-refractivity contribution in [3.63, 3.8) is 0 Å². The molecule has 1 aliphatic rings. The summed E-state index contributed by atoms with van der Waals surface area (Å²) in [7, 11) is 0. The predicted octanol–water partition coefficient (Wildman–Crippen LogP) is 3.34. The van der Waals surface area contributed by atoms with Crippen LogP contribution < -0.4 is 0 Å². The van der Waals surface area contributed by atoms with Crippen LogP contribution in [0.4, 0.5) is 0 Å². The van der Waals surface area contributed by atoms with Crippen LogP contribution in [0.25, 0.3) is 0 Å². The van der Waals surface area contributed by atoms with E-state index in [2.05, 4.69) is 30.8 Å². The van der Waals surface area contributed by atoms with Crippen molar-refractivity contribution in [1.29, 1.82) is 0 Å². The largest absolute Gasteiger partial charge is 0.396 e. The Balaban J connectivity index is 2.05. The summed E-state index contributed by atoms with van der Waals surface area (Å²) in [5.74, 6) is 0. The van der Waals surface area contributed by atoms with Gasteiger partial charge in [-0.05, 0) is 43.6 Å². The highest BCUT2D eigenvalue weighted by Crippen LogP contribution is 2.32. The number of hydrogen-bond donors (Lipinski definition) is 1. The molecule has 1 aromatic rings. The van der Waals surface area contributed by atoms with Crippen LogP contribution in [-0.2, 0) is 6.42 Å². The molecule has 0 saturated heterocycles. The van der Waals surface area contributed by atoms with Crippen LogP contribution in [0.2, 0.25) is 0 Å². The third kappa shape index (κ3) is 2.77. The second-order valence-electron chi connectivity index (χ2n) is 5.77. The molecule has 2 rings (SSSR count). The predicted molar refractivity (Wildman–Crippen MR) is 73.5 cm³/mol. The fourth-order valence-electron chi connectivity index (χ4n) is 3.01. The first-order chi connectivity index (χ1) is 8.73. The van der Waals surface area contributed by atoms with Crippen LogP contribution in [0.1, 0.15) is 64.1 Å². The number of aromatic nitrogens is 2. The highest BCUT2D eigenvalue weighted by molar-refractivity contribution is 5.04. The summed E-state index contributed by atoms with van der Waals surface area (Å²) in [6, 6.07) is 2.75. The highest BCUT2D eigenvalue weighted by Gasteiger charge is 2.27. The van der Waals surface area contributed by atoms with Crippen LogP contribution in [0.15, 0.2) is 12.3 Å². The quantitative estimate of drug-likeness (QED) is 0.841. The highest BCUT2D eigenvalue weighted by atomic mass is 16.3. The molecule has 1 fully saturated rings. The average molecular weight is 250 g/mol. The van der Waals surface area contributed by atoms with Crippen molar-refractivity contribution in [2.75, 3.05) is 6.61 Å². The van der Waals surface area contributed by atoms with Gasteiger partial charge in [0.15, 0.2) is 0 Å². The number of hydrogen-bond acceptors (Lipinski definition) is 2. The van der Waals surface area contributed by atoms with E-state index in [0.717, 1.165) is 25.0 Å². The van der Waals surface area contributed by atoms with Crippen molar-refractivity contribution >= 4 is 0 Å². The van der Waals surface area contributed by atoms with Crippen molar-refractivity contribution in [2.24, 2.45) is 5.41 Å². The van der Waals surface area contributed by atoms with E-state index in [-0.39, 0.29) is 12.0 Å². The molecule has 102 valence electrons. The third-order valence-corrected chi connectivity index (χ3v) is 4.75. The second-order valence-corrected chi connectivity index (χ2v) is 5.77. The zero-order valence-electron chi connectivity index (χ0n) is 11.7. The van der Waals surface area contributed by atoms with E-state index in [1.165, 1.54) is 25.7 Å². The second kappa shape index (κ2) is 5.87. The number of nitrogens with zero attached hydrogens (tertiary/aromatic N) is 2. The zero-order chi connectivity index (χ0) is 13.0. The fourth-order valence-corrected chi connectivity index (χ4v) is 3.01. The van der Waals surface area contributed by atoms with E-state index in [1.807, 2.05) is 0 Å². The standard InChI is InChI=1S/C15H26N2O/c1-3-15(4-2,12-18)11-13-9-10-17(16-13)14-7-5-6-8-14/h9-10,14,18H,3-8,11-12H2,1-2H3. The smallest absolute Gasteiger partial charge is 0.0631 e. The molecule has 1 saturated carbocycles. The molecule has 0 amide bonds. The van der Waals surface area contributed by atoms with E-state index in [9.17, 15) is 5.11 Å². The molecule has 1 heterocycles. The summed E-state index contributed by atoms with van der Waals surface area (Å²) in [6.07, 6.45) is 10.3. The average Bonchev–Trinajstić information content (AvgIpc) is 3.07. The Kier molecular flexibility index (Phi) is 4.44. The van der Waals surface area contributed by atoms with Gasteiger partial charge in [0, 0.05) is 12.8 Å². The topological polar surface area (TPSA) is 38.0 Å². The van der Waals surface area contributed by atoms with E-state index >= 15 is 0 Å². The Morgan fingerprint density at radius 2 is 2.00 bits per heavy atom. The van der Waals surface area contributed by atoms with Gasteiger partial charge in [0.1, 0.15) is 0 Å². The van der Waals surface area contributed by atoms with Crippen LogP contribution in [0.5, 0.6) is 0 Å². The summed E-state index contributed by atoms with van der Waals surface area (Å²) in [5.41, 5.74) is 1.16. The molecule has 1 aliphatic carbocycles. The maximum absolute atomic E-state index is 9.62. The molecule has 3 nitrogen and oxygen atoms in total. The van der Waals surface area contributed by atoms with Gasteiger partial charge in [0.25, 0.3) is 0 Å². The summed E-state index contributed by atoms with van der Waals surface area (Å²) in [5, 5.41) is 14.3.